The Labute approximate surface area is 178 Å². The Morgan fingerprint density at radius 1 is 1.03 bits per heavy atom. The van der Waals surface area contributed by atoms with Crippen molar-refractivity contribution in [2.45, 2.75) is 38.5 Å². The Hall–Kier alpha value is -2.91. The number of piperazine rings is 1. The van der Waals surface area contributed by atoms with Crippen molar-refractivity contribution in [3.63, 3.8) is 0 Å². The van der Waals surface area contributed by atoms with Gasteiger partial charge in [-0.3, -0.25) is 9.91 Å². The summed E-state index contributed by atoms with van der Waals surface area (Å²) in [7, 11) is 0. The maximum absolute atomic E-state index is 9.75. The topological polar surface area (TPSA) is 61.0 Å². The number of benzene rings is 1. The molecule has 0 N–H and O–H groups in total. The Balaban J connectivity index is 1.34. The number of nitrogens with zero attached hydrogens (tertiary/aromatic N) is 6. The van der Waals surface area contributed by atoms with Gasteiger partial charge >= 0.3 is 0 Å². The summed E-state index contributed by atoms with van der Waals surface area (Å²) >= 11 is 0. The van der Waals surface area contributed by atoms with Crippen molar-refractivity contribution in [3.8, 4) is 17.5 Å². The van der Waals surface area contributed by atoms with Gasteiger partial charge in [0.05, 0.1) is 5.56 Å². The predicted molar refractivity (Wildman–Crippen MR) is 117 cm³/mol. The van der Waals surface area contributed by atoms with Gasteiger partial charge in [0.25, 0.3) is 0 Å². The molecule has 1 fully saturated rings. The van der Waals surface area contributed by atoms with Gasteiger partial charge in [0.2, 0.25) is 0 Å². The highest BCUT2D eigenvalue weighted by Crippen LogP contribution is 2.38. The van der Waals surface area contributed by atoms with Gasteiger partial charge in [0.15, 0.2) is 0 Å². The van der Waals surface area contributed by atoms with E-state index in [9.17, 15) is 5.26 Å². The Morgan fingerprint density at radius 2 is 1.77 bits per heavy atom. The van der Waals surface area contributed by atoms with E-state index in [1.165, 1.54) is 23.1 Å². The molecular formula is C24H28N6. The number of hydrogen-bond donors (Lipinski definition) is 0. The Morgan fingerprint density at radius 3 is 2.50 bits per heavy atom. The second kappa shape index (κ2) is 8.08. The minimum absolute atomic E-state index is 0.524. The van der Waals surface area contributed by atoms with Crippen LogP contribution in [-0.2, 0) is 12.8 Å². The fraction of sp³-hybridized carbons (Fsp3) is 0.458. The minimum atomic E-state index is 0.524. The van der Waals surface area contributed by atoms with Crippen LogP contribution in [0.25, 0.3) is 11.4 Å². The van der Waals surface area contributed by atoms with Gasteiger partial charge in [0, 0.05) is 32.7 Å². The molecule has 4 aliphatic rings. The van der Waals surface area contributed by atoms with Gasteiger partial charge in [-0.05, 0) is 48.3 Å². The zero-order valence-corrected chi connectivity index (χ0v) is 17.6. The van der Waals surface area contributed by atoms with E-state index in [2.05, 4.69) is 63.3 Å². The molecule has 6 nitrogen and oxygen atoms in total. The first kappa shape index (κ1) is 19.1. The molecule has 0 radical (unpaired) electrons. The average molecular weight is 401 g/mol. The molecule has 1 aromatic rings. The molecule has 2 aliphatic heterocycles. The van der Waals surface area contributed by atoms with Crippen LogP contribution in [0.5, 0.6) is 0 Å². The van der Waals surface area contributed by atoms with E-state index in [0.717, 1.165) is 68.9 Å². The summed E-state index contributed by atoms with van der Waals surface area (Å²) in [5.41, 5.74) is 6.58. The quantitative estimate of drug-likeness (QED) is 0.673. The number of aromatic nitrogens is 3. The second-order valence-corrected chi connectivity index (χ2v) is 8.56. The molecule has 1 atom stereocenters. The minimum Gasteiger partial charge on any atom is -0.299 e. The summed E-state index contributed by atoms with van der Waals surface area (Å²) < 4.78 is 0. The van der Waals surface area contributed by atoms with Crippen LogP contribution in [-0.4, -0.2) is 52.5 Å². The molecule has 0 saturated carbocycles. The van der Waals surface area contributed by atoms with Crippen molar-refractivity contribution in [1.82, 2.24) is 19.8 Å². The lowest BCUT2D eigenvalue weighted by atomic mass is 9.94. The van der Waals surface area contributed by atoms with Crippen LogP contribution >= 0.6 is 0 Å². The fourth-order valence-corrected chi connectivity index (χ4v) is 5.10. The molecule has 6 heteroatoms. The SMILES string of the molecule is CC(CN1CCN(n2ncnc3c(C#N)c4c(c2-3)CCCC4)CC1)c1ccccc1. The lowest BCUT2D eigenvalue weighted by molar-refractivity contribution is 0.225. The molecule has 2 heterocycles. The van der Waals surface area contributed by atoms with Crippen LogP contribution in [0.3, 0.4) is 0 Å². The van der Waals surface area contributed by atoms with E-state index in [0.29, 0.717) is 5.92 Å². The van der Waals surface area contributed by atoms with E-state index in [1.807, 2.05) is 4.79 Å². The van der Waals surface area contributed by atoms with Gasteiger partial charge in [0.1, 0.15) is 23.8 Å². The average Bonchev–Trinajstić information content (AvgIpc) is 3.14. The first-order chi connectivity index (χ1) is 14.8. The second-order valence-electron chi connectivity index (χ2n) is 8.56. The summed E-state index contributed by atoms with van der Waals surface area (Å²) in [5.74, 6) is 0.524. The molecule has 0 aromatic heterocycles. The lowest BCUT2D eigenvalue weighted by Crippen LogP contribution is -2.52. The van der Waals surface area contributed by atoms with Crippen molar-refractivity contribution >= 4 is 0 Å². The molecule has 0 bridgehead atoms. The summed E-state index contributed by atoms with van der Waals surface area (Å²) in [6, 6.07) is 13.2. The molecule has 5 rings (SSSR count). The molecular weight excluding hydrogens is 372 g/mol. The van der Waals surface area contributed by atoms with Gasteiger partial charge < -0.3 is 0 Å². The predicted octanol–water partition coefficient (Wildman–Crippen LogP) is 3.19. The maximum atomic E-state index is 9.75. The third-order valence-electron chi connectivity index (χ3n) is 6.69. The van der Waals surface area contributed by atoms with Gasteiger partial charge in [-0.2, -0.15) is 10.1 Å². The number of hydrogen-bond acceptors (Lipinski definition) is 5. The summed E-state index contributed by atoms with van der Waals surface area (Å²) in [5, 5.41) is 16.7. The highest BCUT2D eigenvalue weighted by atomic mass is 15.7. The fourth-order valence-electron chi connectivity index (χ4n) is 5.10. The van der Waals surface area contributed by atoms with E-state index in [4.69, 9.17) is 0 Å². The summed E-state index contributed by atoms with van der Waals surface area (Å²) in [4.78, 5) is 9.11. The lowest BCUT2D eigenvalue weighted by Gasteiger charge is -2.38. The molecule has 0 spiro atoms. The van der Waals surface area contributed by atoms with E-state index in [1.54, 1.807) is 6.33 Å². The van der Waals surface area contributed by atoms with Crippen LogP contribution in [0.2, 0.25) is 0 Å². The molecule has 1 unspecified atom stereocenters. The molecule has 1 saturated heterocycles. The monoisotopic (exact) mass is 400 g/mol. The highest BCUT2D eigenvalue weighted by Gasteiger charge is 2.31. The molecule has 30 heavy (non-hydrogen) atoms. The largest absolute Gasteiger partial charge is 0.299 e. The number of nitriles is 1. The van der Waals surface area contributed by atoms with Crippen LogP contribution in [0, 0.1) is 11.3 Å². The number of fused-ring (bicyclic) bond motifs is 3. The van der Waals surface area contributed by atoms with Gasteiger partial charge in [-0.25, -0.2) is 4.98 Å². The third kappa shape index (κ3) is 3.33. The maximum Gasteiger partial charge on any atom is 0.138 e. The Bertz CT molecular complexity index is 1030. The van der Waals surface area contributed by atoms with Crippen LogP contribution in [0.15, 0.2) is 36.7 Å². The highest BCUT2D eigenvalue weighted by molar-refractivity contribution is 5.76. The smallest absolute Gasteiger partial charge is 0.138 e. The number of rotatable bonds is 4. The zero-order valence-electron chi connectivity index (χ0n) is 17.6. The van der Waals surface area contributed by atoms with Crippen LogP contribution in [0.4, 0.5) is 0 Å². The Kier molecular flexibility index (Phi) is 5.14. The summed E-state index contributed by atoms with van der Waals surface area (Å²) in [6.07, 6.45) is 5.95. The van der Waals surface area contributed by atoms with E-state index < -0.39 is 0 Å². The molecule has 0 amide bonds. The zero-order chi connectivity index (χ0) is 20.5. The van der Waals surface area contributed by atoms with Crippen molar-refractivity contribution < 1.29 is 0 Å². The van der Waals surface area contributed by atoms with E-state index in [-0.39, 0.29) is 0 Å². The third-order valence-corrected chi connectivity index (χ3v) is 6.69. The van der Waals surface area contributed by atoms with Crippen molar-refractivity contribution in [3.05, 3.63) is 58.9 Å². The molecule has 1 aromatic carbocycles. The van der Waals surface area contributed by atoms with Gasteiger partial charge in [-0.15, -0.1) is 5.10 Å². The van der Waals surface area contributed by atoms with Crippen molar-refractivity contribution in [2.24, 2.45) is 0 Å². The standard InChI is InChI=1S/C24H28N6/c1-18(19-7-3-2-4-8-19)16-28-11-13-29(14-12-28)30-24-21-10-6-5-9-20(21)22(15-25)23(24)26-17-27-30/h2-4,7-8,17-18H,5-6,9-14,16H2,1H3. The van der Waals surface area contributed by atoms with Gasteiger partial charge in [-0.1, -0.05) is 37.3 Å². The van der Waals surface area contributed by atoms with Crippen molar-refractivity contribution in [1.29, 1.82) is 5.26 Å². The van der Waals surface area contributed by atoms with Crippen molar-refractivity contribution in [2.75, 3.05) is 37.7 Å². The molecule has 154 valence electrons. The normalized spacial score (nSPS) is 18.2. The van der Waals surface area contributed by atoms with Crippen LogP contribution < -0.4 is 5.01 Å². The van der Waals surface area contributed by atoms with Crippen LogP contribution in [0.1, 0.15) is 47.9 Å². The first-order valence-electron chi connectivity index (χ1n) is 11.1. The first-order valence-corrected chi connectivity index (χ1v) is 11.1. The summed E-state index contributed by atoms with van der Waals surface area (Å²) in [6.45, 7) is 7.28. The molecule has 2 aliphatic carbocycles. The van der Waals surface area contributed by atoms with E-state index >= 15 is 0 Å².